The lowest BCUT2D eigenvalue weighted by atomic mass is 10.1. The number of anilines is 1. The molecule has 5 nitrogen and oxygen atoms in total. The van der Waals surface area contributed by atoms with Crippen molar-refractivity contribution in [3.63, 3.8) is 0 Å². The van der Waals surface area contributed by atoms with Gasteiger partial charge in [-0.3, -0.25) is 4.79 Å². The third-order valence-electron chi connectivity index (χ3n) is 2.89. The standard InChI is InChI=1S/C12H9F6N3O2/c1-4(9(19)22)20-10-21-7-3-5(11(13,14)15)2-6(8(7)23-10)12(16,17)18/h2-4H,1H3,(H2,19,22)(H,20,21)/t4-/m0/s1. The number of nitrogens with zero attached hydrogens (tertiary/aromatic N) is 1. The lowest BCUT2D eigenvalue weighted by Crippen LogP contribution is -2.32. The summed E-state index contributed by atoms with van der Waals surface area (Å²) in [7, 11) is 0. The summed E-state index contributed by atoms with van der Waals surface area (Å²) in [4.78, 5) is 14.4. The summed E-state index contributed by atoms with van der Waals surface area (Å²) in [5, 5.41) is 2.27. The molecular weight excluding hydrogens is 332 g/mol. The Bertz CT molecular complexity index is 750. The van der Waals surface area contributed by atoms with Gasteiger partial charge in [-0.25, -0.2) is 0 Å². The smallest absolute Gasteiger partial charge is 0.420 e. The molecule has 0 bridgehead atoms. The maximum atomic E-state index is 12.9. The first-order valence-electron chi connectivity index (χ1n) is 6.04. The van der Waals surface area contributed by atoms with Crippen molar-refractivity contribution in [3.8, 4) is 0 Å². The maximum absolute atomic E-state index is 12.9. The van der Waals surface area contributed by atoms with Crippen LogP contribution in [0.1, 0.15) is 18.1 Å². The third-order valence-corrected chi connectivity index (χ3v) is 2.89. The number of benzene rings is 1. The lowest BCUT2D eigenvalue weighted by Gasteiger charge is -2.11. The summed E-state index contributed by atoms with van der Waals surface area (Å²) in [5.74, 6) is -0.848. The molecule has 11 heteroatoms. The van der Waals surface area contributed by atoms with Gasteiger partial charge in [-0.05, 0) is 19.1 Å². The fourth-order valence-electron chi connectivity index (χ4n) is 1.73. The molecule has 1 aromatic heterocycles. The molecule has 126 valence electrons. The van der Waals surface area contributed by atoms with Gasteiger partial charge < -0.3 is 15.5 Å². The molecule has 2 rings (SSSR count). The zero-order chi connectivity index (χ0) is 17.6. The second-order valence-corrected chi connectivity index (χ2v) is 4.65. The monoisotopic (exact) mass is 341 g/mol. The van der Waals surface area contributed by atoms with E-state index in [9.17, 15) is 31.1 Å². The van der Waals surface area contributed by atoms with Gasteiger partial charge in [-0.2, -0.15) is 31.3 Å². The molecule has 0 aliphatic rings. The molecule has 23 heavy (non-hydrogen) atoms. The van der Waals surface area contributed by atoms with E-state index < -0.39 is 52.5 Å². The van der Waals surface area contributed by atoms with Crippen LogP contribution in [0.25, 0.3) is 11.1 Å². The molecule has 2 aromatic rings. The Balaban J connectivity index is 2.61. The van der Waals surface area contributed by atoms with E-state index in [-0.39, 0.29) is 6.07 Å². The zero-order valence-corrected chi connectivity index (χ0v) is 11.3. The van der Waals surface area contributed by atoms with E-state index in [4.69, 9.17) is 10.2 Å². The van der Waals surface area contributed by atoms with Crippen LogP contribution in [0.4, 0.5) is 32.4 Å². The number of carbonyl (C=O) groups is 1. The van der Waals surface area contributed by atoms with E-state index in [1.165, 1.54) is 6.92 Å². The molecule has 0 fully saturated rings. The van der Waals surface area contributed by atoms with Crippen molar-refractivity contribution in [2.24, 2.45) is 5.73 Å². The molecular formula is C12H9F6N3O2. The predicted molar refractivity (Wildman–Crippen MR) is 66.3 cm³/mol. The highest BCUT2D eigenvalue weighted by Crippen LogP contribution is 2.40. The van der Waals surface area contributed by atoms with Gasteiger partial charge >= 0.3 is 12.4 Å². The quantitative estimate of drug-likeness (QED) is 0.841. The van der Waals surface area contributed by atoms with Crippen molar-refractivity contribution in [1.29, 1.82) is 0 Å². The van der Waals surface area contributed by atoms with Gasteiger partial charge in [0.05, 0.1) is 5.56 Å². The van der Waals surface area contributed by atoms with E-state index in [2.05, 4.69) is 10.3 Å². The molecule has 0 unspecified atom stereocenters. The van der Waals surface area contributed by atoms with E-state index in [1.54, 1.807) is 0 Å². The maximum Gasteiger partial charge on any atom is 0.420 e. The number of hydrogen-bond acceptors (Lipinski definition) is 4. The van der Waals surface area contributed by atoms with E-state index in [0.29, 0.717) is 6.07 Å². The number of primary amides is 1. The van der Waals surface area contributed by atoms with Crippen molar-refractivity contribution < 1.29 is 35.6 Å². The molecule has 0 saturated carbocycles. The minimum absolute atomic E-state index is 0.0607. The number of halogens is 6. The fourth-order valence-corrected chi connectivity index (χ4v) is 1.73. The van der Waals surface area contributed by atoms with Crippen LogP contribution in [-0.2, 0) is 17.1 Å². The van der Waals surface area contributed by atoms with Gasteiger partial charge in [0, 0.05) is 0 Å². The van der Waals surface area contributed by atoms with E-state index >= 15 is 0 Å². The van der Waals surface area contributed by atoms with Gasteiger partial charge in [0.15, 0.2) is 5.58 Å². The Morgan fingerprint density at radius 1 is 1.22 bits per heavy atom. The van der Waals surface area contributed by atoms with Crippen molar-refractivity contribution >= 4 is 23.0 Å². The van der Waals surface area contributed by atoms with Gasteiger partial charge in [0.2, 0.25) is 5.91 Å². The van der Waals surface area contributed by atoms with Gasteiger partial charge in [-0.1, -0.05) is 0 Å². The number of nitrogens with two attached hydrogens (primary N) is 1. The molecule has 0 aliphatic heterocycles. The third kappa shape index (κ3) is 3.48. The molecule has 0 aliphatic carbocycles. The topological polar surface area (TPSA) is 81.2 Å². The van der Waals surface area contributed by atoms with Gasteiger partial charge in [0.1, 0.15) is 17.1 Å². The zero-order valence-electron chi connectivity index (χ0n) is 11.3. The number of nitrogens with one attached hydrogen (secondary N) is 1. The molecule has 1 aromatic carbocycles. The largest absolute Gasteiger partial charge is 0.423 e. The molecule has 0 saturated heterocycles. The highest BCUT2D eigenvalue weighted by Gasteiger charge is 2.40. The van der Waals surface area contributed by atoms with Crippen LogP contribution in [-0.4, -0.2) is 16.9 Å². The minimum Gasteiger partial charge on any atom is -0.423 e. The summed E-state index contributed by atoms with van der Waals surface area (Å²) >= 11 is 0. The Hall–Kier alpha value is -2.46. The normalized spacial score (nSPS) is 14.0. The summed E-state index contributed by atoms with van der Waals surface area (Å²) in [5.41, 5.74) is 0.311. The first kappa shape index (κ1) is 16.9. The average Bonchev–Trinajstić information content (AvgIpc) is 2.76. The molecule has 1 heterocycles. The summed E-state index contributed by atoms with van der Waals surface area (Å²) in [6.45, 7) is 1.28. The number of alkyl halides is 6. The lowest BCUT2D eigenvalue weighted by molar-refractivity contribution is -0.142. The van der Waals surface area contributed by atoms with Crippen molar-refractivity contribution in [3.05, 3.63) is 23.3 Å². The highest BCUT2D eigenvalue weighted by molar-refractivity contribution is 5.83. The average molecular weight is 341 g/mol. The van der Waals surface area contributed by atoms with Crippen LogP contribution in [0.2, 0.25) is 0 Å². The van der Waals surface area contributed by atoms with Crippen LogP contribution < -0.4 is 11.1 Å². The first-order chi connectivity index (χ1) is 10.4. The number of aromatic nitrogens is 1. The number of fused-ring (bicyclic) bond motifs is 1. The Morgan fingerprint density at radius 3 is 2.30 bits per heavy atom. The van der Waals surface area contributed by atoms with Crippen LogP contribution in [0.15, 0.2) is 16.5 Å². The molecule has 0 radical (unpaired) electrons. The number of hydrogen-bond donors (Lipinski definition) is 2. The van der Waals surface area contributed by atoms with Crippen LogP contribution >= 0.6 is 0 Å². The number of oxazole rings is 1. The molecule has 1 amide bonds. The number of carbonyl (C=O) groups excluding carboxylic acids is 1. The number of rotatable bonds is 3. The second-order valence-electron chi connectivity index (χ2n) is 4.65. The summed E-state index contributed by atoms with van der Waals surface area (Å²) < 4.78 is 81.7. The molecule has 1 atom stereocenters. The van der Waals surface area contributed by atoms with Gasteiger partial charge in [-0.15, -0.1) is 0 Å². The van der Waals surface area contributed by atoms with Crippen molar-refractivity contribution in [1.82, 2.24) is 4.98 Å². The fraction of sp³-hybridized carbons (Fsp3) is 0.333. The van der Waals surface area contributed by atoms with Crippen LogP contribution in [0.5, 0.6) is 0 Å². The SMILES string of the molecule is C[C@H](Nc1nc2cc(C(F)(F)F)cc(C(F)(F)F)c2o1)C(N)=O. The van der Waals surface area contributed by atoms with Gasteiger partial charge in [0.25, 0.3) is 6.01 Å². The summed E-state index contributed by atoms with van der Waals surface area (Å²) in [6, 6.07) is -1.22. The highest BCUT2D eigenvalue weighted by atomic mass is 19.4. The van der Waals surface area contributed by atoms with Crippen LogP contribution in [0, 0.1) is 0 Å². The first-order valence-corrected chi connectivity index (χ1v) is 6.04. The molecule has 0 spiro atoms. The van der Waals surface area contributed by atoms with Crippen molar-refractivity contribution in [2.45, 2.75) is 25.3 Å². The minimum atomic E-state index is -5.08. The number of amides is 1. The summed E-state index contributed by atoms with van der Waals surface area (Å²) in [6.07, 6.45) is -10.1. The predicted octanol–water partition coefficient (Wildman–Crippen LogP) is 3.15. The second kappa shape index (κ2) is 5.32. The van der Waals surface area contributed by atoms with E-state index in [0.717, 1.165) is 0 Å². The van der Waals surface area contributed by atoms with E-state index in [1.807, 2.05) is 0 Å². The van der Waals surface area contributed by atoms with Crippen molar-refractivity contribution in [2.75, 3.05) is 5.32 Å². The Morgan fingerprint density at radius 2 is 1.83 bits per heavy atom. The molecule has 3 N–H and O–H groups in total. The van der Waals surface area contributed by atoms with Crippen LogP contribution in [0.3, 0.4) is 0 Å². The Labute approximate surface area is 124 Å². The Kier molecular flexibility index (Phi) is 3.91.